The van der Waals surface area contributed by atoms with Crippen LogP contribution in [0.3, 0.4) is 0 Å². The summed E-state index contributed by atoms with van der Waals surface area (Å²) in [6, 6.07) is 72.0. The molecule has 0 saturated heterocycles. The van der Waals surface area contributed by atoms with Crippen molar-refractivity contribution in [1.82, 2.24) is 9.13 Å². The molecule has 0 saturated carbocycles. The number of rotatable bonds is 3. The zero-order valence-corrected chi connectivity index (χ0v) is 30.4. The molecule has 10 aromatic carbocycles. The first-order chi connectivity index (χ1) is 27.8. The lowest BCUT2D eigenvalue weighted by atomic mass is 9.95. The third-order valence-electron chi connectivity index (χ3n) is 12.4. The van der Waals surface area contributed by atoms with Gasteiger partial charge in [-0.25, -0.2) is 0 Å². The Morgan fingerprint density at radius 2 is 0.804 bits per heavy atom. The molecule has 0 atom stereocenters. The molecule has 0 N–H and O–H groups in total. The number of aromatic nitrogens is 2. The van der Waals surface area contributed by atoms with Crippen molar-refractivity contribution in [2.24, 2.45) is 0 Å². The predicted octanol–water partition coefficient (Wildman–Crippen LogP) is 14.7. The summed E-state index contributed by atoms with van der Waals surface area (Å²) in [5.74, 6) is 0. The summed E-state index contributed by atoms with van der Waals surface area (Å²) in [6.07, 6.45) is 0. The van der Waals surface area contributed by atoms with Gasteiger partial charge in [0.1, 0.15) is 0 Å². The van der Waals surface area contributed by atoms with Gasteiger partial charge in [0, 0.05) is 38.0 Å². The normalized spacial score (nSPS) is 12.3. The van der Waals surface area contributed by atoms with Crippen LogP contribution in [0.15, 0.2) is 194 Å². The summed E-state index contributed by atoms with van der Waals surface area (Å²) >= 11 is 0. The molecule has 0 spiro atoms. The van der Waals surface area contributed by atoms with Gasteiger partial charge in [0.2, 0.25) is 0 Å². The van der Waals surface area contributed by atoms with Gasteiger partial charge in [0.15, 0.2) is 0 Å². The van der Waals surface area contributed by atoms with Crippen LogP contribution >= 0.6 is 0 Å². The Kier molecular flexibility index (Phi) is 5.92. The van der Waals surface area contributed by atoms with Crippen LogP contribution in [-0.2, 0) is 0 Å². The Hall–Kier alpha value is -7.42. The maximum absolute atomic E-state index is 2.56. The summed E-state index contributed by atoms with van der Waals surface area (Å²) in [6.45, 7) is 0. The first-order valence-corrected chi connectivity index (χ1v) is 19.4. The van der Waals surface area contributed by atoms with Crippen molar-refractivity contribution < 1.29 is 0 Å². The van der Waals surface area contributed by atoms with Crippen molar-refractivity contribution in [2.45, 2.75) is 0 Å². The number of fused-ring (bicyclic) bond motifs is 14. The molecule has 2 heteroatoms. The molecule has 12 aromatic rings. The maximum Gasteiger partial charge on any atom is 0.0626 e. The van der Waals surface area contributed by atoms with Crippen LogP contribution in [0.2, 0.25) is 0 Å². The largest absolute Gasteiger partial charge is 0.309 e. The van der Waals surface area contributed by atoms with Crippen molar-refractivity contribution in [3.05, 3.63) is 194 Å². The molecule has 0 fully saturated rings. The lowest BCUT2D eigenvalue weighted by Gasteiger charge is -2.15. The zero-order chi connectivity index (χ0) is 36.5. The van der Waals surface area contributed by atoms with E-state index in [-0.39, 0.29) is 0 Å². The number of para-hydroxylation sites is 2. The Morgan fingerprint density at radius 1 is 0.268 bits per heavy atom. The summed E-state index contributed by atoms with van der Waals surface area (Å²) in [5.41, 5.74) is 15.0. The van der Waals surface area contributed by atoms with Gasteiger partial charge < -0.3 is 9.13 Å². The minimum atomic E-state index is 1.17. The van der Waals surface area contributed by atoms with E-state index in [0.717, 1.165) is 0 Å². The van der Waals surface area contributed by atoms with Crippen LogP contribution in [0.1, 0.15) is 0 Å². The van der Waals surface area contributed by atoms with Gasteiger partial charge in [-0.1, -0.05) is 146 Å². The van der Waals surface area contributed by atoms with E-state index in [2.05, 4.69) is 203 Å². The van der Waals surface area contributed by atoms with Crippen molar-refractivity contribution in [1.29, 1.82) is 0 Å². The smallest absolute Gasteiger partial charge is 0.0626 e. The average molecular weight is 709 g/mol. The second-order valence-electron chi connectivity index (χ2n) is 15.2. The van der Waals surface area contributed by atoms with Gasteiger partial charge in [-0.05, 0) is 103 Å². The van der Waals surface area contributed by atoms with E-state index in [1.807, 2.05) is 0 Å². The Labute approximate surface area is 322 Å². The summed E-state index contributed by atoms with van der Waals surface area (Å²) in [5, 5.41) is 12.8. The molecule has 1 aliphatic carbocycles. The highest BCUT2D eigenvalue weighted by Crippen LogP contribution is 2.50. The Bertz CT molecular complexity index is 3610. The Morgan fingerprint density at radius 3 is 1.57 bits per heavy atom. The number of hydrogen-bond donors (Lipinski definition) is 0. The minimum Gasteiger partial charge on any atom is -0.309 e. The molecular weight excluding hydrogens is 677 g/mol. The summed E-state index contributed by atoms with van der Waals surface area (Å²) < 4.78 is 4.95. The Balaban J connectivity index is 1.13. The van der Waals surface area contributed by atoms with Crippen molar-refractivity contribution in [3.63, 3.8) is 0 Å². The molecule has 0 unspecified atom stereocenters. The highest BCUT2D eigenvalue weighted by molar-refractivity contribution is 6.33. The zero-order valence-electron chi connectivity index (χ0n) is 30.4. The van der Waals surface area contributed by atoms with E-state index < -0.39 is 0 Å². The molecule has 2 nitrogen and oxygen atoms in total. The average Bonchev–Trinajstić information content (AvgIpc) is 3.91. The molecule has 258 valence electrons. The summed E-state index contributed by atoms with van der Waals surface area (Å²) in [4.78, 5) is 0. The van der Waals surface area contributed by atoms with E-state index in [1.165, 1.54) is 121 Å². The van der Waals surface area contributed by atoms with E-state index in [4.69, 9.17) is 0 Å². The lowest BCUT2D eigenvalue weighted by Crippen LogP contribution is -1.97. The third kappa shape index (κ3) is 3.90. The van der Waals surface area contributed by atoms with Gasteiger partial charge in [0.05, 0.1) is 27.8 Å². The number of hydrogen-bond acceptors (Lipinski definition) is 0. The maximum atomic E-state index is 2.56. The fourth-order valence-electron chi connectivity index (χ4n) is 10.1. The number of nitrogens with zero attached hydrogens (tertiary/aromatic N) is 2. The van der Waals surface area contributed by atoms with Crippen LogP contribution < -0.4 is 0 Å². The molecule has 56 heavy (non-hydrogen) atoms. The first-order valence-electron chi connectivity index (χ1n) is 19.4. The molecular formula is C54H32N2. The van der Waals surface area contributed by atoms with Crippen LogP contribution in [0.5, 0.6) is 0 Å². The van der Waals surface area contributed by atoms with E-state index in [0.29, 0.717) is 0 Å². The van der Waals surface area contributed by atoms with Crippen molar-refractivity contribution in [2.75, 3.05) is 0 Å². The second-order valence-corrected chi connectivity index (χ2v) is 15.2. The van der Waals surface area contributed by atoms with Gasteiger partial charge >= 0.3 is 0 Å². The van der Waals surface area contributed by atoms with Gasteiger partial charge in [-0.2, -0.15) is 0 Å². The monoisotopic (exact) mass is 708 g/mol. The van der Waals surface area contributed by atoms with Gasteiger partial charge in [0.25, 0.3) is 0 Å². The van der Waals surface area contributed by atoms with E-state index in [9.17, 15) is 0 Å². The minimum absolute atomic E-state index is 1.17. The third-order valence-corrected chi connectivity index (χ3v) is 12.4. The second kappa shape index (κ2) is 11.1. The fraction of sp³-hybridized carbons (Fsp3) is 0. The van der Waals surface area contributed by atoms with Crippen LogP contribution in [0.25, 0.3) is 121 Å². The predicted molar refractivity (Wildman–Crippen MR) is 238 cm³/mol. The fourth-order valence-corrected chi connectivity index (χ4v) is 10.1. The molecule has 0 aliphatic heterocycles. The topological polar surface area (TPSA) is 9.86 Å². The molecule has 0 radical (unpaired) electrons. The molecule has 13 rings (SSSR count). The van der Waals surface area contributed by atoms with Crippen LogP contribution in [-0.4, -0.2) is 9.13 Å². The van der Waals surface area contributed by atoms with E-state index in [1.54, 1.807) is 0 Å². The molecule has 2 heterocycles. The molecule has 0 bridgehead atoms. The standard InChI is InChI=1S/C54H32N2/c1-2-13-35(14-3-1)55-48-24-11-10-19-40(48)46-31-33(25-28-50(46)55)34-26-29-51-47(32-34)53-42-20-8-6-17-38(42)39-18-7-9-21-44(39)54(53)56(51)49-30-27-43-37-16-5-4-15-36(37)41-22-12-23-45(49)52(41)43/h1-32H. The molecule has 2 aromatic heterocycles. The SMILES string of the molecule is c1ccc(-n2c3ccccc3c3cc(-c4ccc5c(c4)c4c6ccccc6c6ccccc6c4n5-c4ccc5c6c(cccc46)-c4ccccc4-5)ccc32)cc1. The highest BCUT2D eigenvalue weighted by atomic mass is 15.0. The molecule has 0 amide bonds. The van der Waals surface area contributed by atoms with Gasteiger partial charge in [-0.15, -0.1) is 0 Å². The lowest BCUT2D eigenvalue weighted by molar-refractivity contribution is 1.18. The first kappa shape index (κ1) is 30.0. The van der Waals surface area contributed by atoms with Crippen LogP contribution in [0, 0.1) is 0 Å². The molecule has 1 aliphatic rings. The van der Waals surface area contributed by atoms with Gasteiger partial charge in [-0.3, -0.25) is 0 Å². The highest BCUT2D eigenvalue weighted by Gasteiger charge is 2.25. The quantitative estimate of drug-likeness (QED) is 0.162. The number of benzene rings is 10. The van der Waals surface area contributed by atoms with E-state index >= 15 is 0 Å². The van der Waals surface area contributed by atoms with Crippen molar-refractivity contribution >= 4 is 75.9 Å². The van der Waals surface area contributed by atoms with Crippen LogP contribution in [0.4, 0.5) is 0 Å². The van der Waals surface area contributed by atoms with Crippen molar-refractivity contribution in [3.8, 4) is 44.8 Å². The summed E-state index contributed by atoms with van der Waals surface area (Å²) in [7, 11) is 0.